The molecule has 0 aliphatic carbocycles. The van der Waals surface area contributed by atoms with Crippen LogP contribution in [-0.2, 0) is 4.79 Å². The number of hydrogen-bond acceptors (Lipinski definition) is 4. The summed E-state index contributed by atoms with van der Waals surface area (Å²) < 4.78 is 1.83. The number of piperazine rings is 1. The largest absolute Gasteiger partial charge is 0.339 e. The van der Waals surface area contributed by atoms with Gasteiger partial charge in [-0.1, -0.05) is 44.2 Å². The number of carbonyl (C=O) groups excluding carboxylic acids is 2. The molecule has 7 heteroatoms. The van der Waals surface area contributed by atoms with Crippen LogP contribution in [0.4, 0.5) is 0 Å². The average molecular weight is 406 g/mol. The first-order valence-electron chi connectivity index (χ1n) is 10.4. The van der Waals surface area contributed by atoms with Gasteiger partial charge < -0.3 is 9.80 Å². The van der Waals surface area contributed by atoms with Crippen molar-refractivity contribution in [2.45, 2.75) is 33.6 Å². The molecule has 1 saturated heterocycles. The molecule has 1 fully saturated rings. The van der Waals surface area contributed by atoms with Crippen LogP contribution >= 0.6 is 0 Å². The van der Waals surface area contributed by atoms with E-state index in [0.717, 1.165) is 28.2 Å². The topological polar surface area (TPSA) is 70.8 Å². The highest BCUT2D eigenvalue weighted by atomic mass is 16.2. The van der Waals surface area contributed by atoms with Gasteiger partial charge in [-0.15, -0.1) is 0 Å². The van der Waals surface area contributed by atoms with Crippen LogP contribution in [-0.4, -0.2) is 62.4 Å². The molecule has 0 spiro atoms. The average Bonchev–Trinajstić information content (AvgIpc) is 3.08. The Hall–Kier alpha value is -3.22. The standard InChI is InChI=1S/C23H27N5O2/c1-15(2)21-19(23(30)27-12-10-26(11-13-27)17(4)29)14-24-22-20(16(3)25-28(21)22)18-8-6-5-7-9-18/h5-9,14-15H,10-13H2,1-4H3. The van der Waals surface area contributed by atoms with Crippen molar-refractivity contribution in [2.24, 2.45) is 0 Å². The summed E-state index contributed by atoms with van der Waals surface area (Å²) in [6, 6.07) is 10.1. The Morgan fingerprint density at radius 1 is 1.00 bits per heavy atom. The van der Waals surface area contributed by atoms with Crippen molar-refractivity contribution in [1.82, 2.24) is 24.4 Å². The fourth-order valence-corrected chi connectivity index (χ4v) is 4.17. The van der Waals surface area contributed by atoms with Gasteiger partial charge in [0.25, 0.3) is 5.91 Å². The number of amides is 2. The lowest BCUT2D eigenvalue weighted by Gasteiger charge is -2.34. The normalized spacial score (nSPS) is 14.6. The third kappa shape index (κ3) is 3.44. The lowest BCUT2D eigenvalue weighted by Crippen LogP contribution is -2.50. The molecule has 3 heterocycles. The molecule has 30 heavy (non-hydrogen) atoms. The summed E-state index contributed by atoms with van der Waals surface area (Å²) in [4.78, 5) is 33.2. The molecule has 1 aliphatic rings. The number of nitrogens with zero attached hydrogens (tertiary/aromatic N) is 5. The summed E-state index contributed by atoms with van der Waals surface area (Å²) in [5, 5.41) is 4.76. The van der Waals surface area contributed by atoms with E-state index in [0.29, 0.717) is 31.7 Å². The Kier molecular flexibility index (Phi) is 5.28. The highest BCUT2D eigenvalue weighted by Gasteiger charge is 2.28. The van der Waals surface area contributed by atoms with Crippen LogP contribution in [0, 0.1) is 6.92 Å². The van der Waals surface area contributed by atoms with Gasteiger partial charge in [0.2, 0.25) is 5.91 Å². The van der Waals surface area contributed by atoms with Crippen molar-refractivity contribution in [2.75, 3.05) is 26.2 Å². The van der Waals surface area contributed by atoms with Crippen molar-refractivity contribution in [1.29, 1.82) is 0 Å². The molecule has 0 bridgehead atoms. The van der Waals surface area contributed by atoms with Crippen LogP contribution in [0.25, 0.3) is 16.8 Å². The van der Waals surface area contributed by atoms with Gasteiger partial charge in [-0.25, -0.2) is 9.50 Å². The van der Waals surface area contributed by atoms with Crippen LogP contribution in [0.2, 0.25) is 0 Å². The third-order valence-corrected chi connectivity index (χ3v) is 5.71. The fourth-order valence-electron chi connectivity index (χ4n) is 4.17. The summed E-state index contributed by atoms with van der Waals surface area (Å²) in [6.45, 7) is 9.86. The molecule has 2 amide bonds. The lowest BCUT2D eigenvalue weighted by molar-refractivity contribution is -0.130. The second-order valence-electron chi connectivity index (χ2n) is 8.07. The first-order valence-corrected chi connectivity index (χ1v) is 10.4. The first-order chi connectivity index (χ1) is 14.4. The molecular formula is C23H27N5O2. The number of fused-ring (bicyclic) bond motifs is 1. The minimum Gasteiger partial charge on any atom is -0.339 e. The summed E-state index contributed by atoms with van der Waals surface area (Å²) in [6.07, 6.45) is 1.69. The van der Waals surface area contributed by atoms with Gasteiger partial charge in [-0.3, -0.25) is 9.59 Å². The molecule has 1 aliphatic heterocycles. The summed E-state index contributed by atoms with van der Waals surface area (Å²) in [7, 11) is 0. The van der Waals surface area contributed by atoms with E-state index < -0.39 is 0 Å². The predicted molar refractivity (Wildman–Crippen MR) is 115 cm³/mol. The van der Waals surface area contributed by atoms with Gasteiger partial charge in [0.05, 0.1) is 17.0 Å². The molecule has 0 radical (unpaired) electrons. The monoisotopic (exact) mass is 405 g/mol. The van der Waals surface area contributed by atoms with Crippen molar-refractivity contribution < 1.29 is 9.59 Å². The summed E-state index contributed by atoms with van der Waals surface area (Å²) >= 11 is 0. The van der Waals surface area contributed by atoms with Crippen molar-refractivity contribution >= 4 is 17.5 Å². The van der Waals surface area contributed by atoms with E-state index in [9.17, 15) is 9.59 Å². The Bertz CT molecular complexity index is 1100. The zero-order valence-electron chi connectivity index (χ0n) is 17.9. The number of aryl methyl sites for hydroxylation is 1. The number of rotatable bonds is 3. The zero-order chi connectivity index (χ0) is 21.4. The van der Waals surface area contributed by atoms with E-state index in [1.807, 2.05) is 46.7 Å². The summed E-state index contributed by atoms with van der Waals surface area (Å²) in [5.41, 5.74) is 5.15. The quantitative estimate of drug-likeness (QED) is 0.671. The number of aromatic nitrogens is 3. The molecule has 0 unspecified atom stereocenters. The Morgan fingerprint density at radius 3 is 2.23 bits per heavy atom. The second kappa shape index (κ2) is 7.89. The molecule has 2 aromatic heterocycles. The highest BCUT2D eigenvalue weighted by Crippen LogP contribution is 2.30. The molecule has 1 aromatic carbocycles. The minimum absolute atomic E-state index is 0.0495. The SMILES string of the molecule is CC(=O)N1CCN(C(=O)c2cnc3c(-c4ccccc4)c(C)nn3c2C(C)C)CC1. The zero-order valence-corrected chi connectivity index (χ0v) is 17.9. The van der Waals surface area contributed by atoms with E-state index in [4.69, 9.17) is 5.10 Å². The number of hydrogen-bond donors (Lipinski definition) is 0. The molecule has 0 saturated carbocycles. The maximum atomic E-state index is 13.3. The van der Waals surface area contributed by atoms with Crippen LogP contribution in [0.1, 0.15) is 48.4 Å². The van der Waals surface area contributed by atoms with Gasteiger partial charge in [-0.2, -0.15) is 5.10 Å². The Balaban J connectivity index is 1.76. The molecule has 3 aromatic rings. The van der Waals surface area contributed by atoms with Gasteiger partial charge in [0.1, 0.15) is 0 Å². The Labute approximate surface area is 176 Å². The molecule has 4 rings (SSSR count). The number of benzene rings is 1. The maximum Gasteiger partial charge on any atom is 0.257 e. The predicted octanol–water partition coefficient (Wildman–Crippen LogP) is 3.13. The van der Waals surface area contributed by atoms with Crippen LogP contribution < -0.4 is 0 Å². The molecule has 0 atom stereocenters. The van der Waals surface area contributed by atoms with Crippen LogP contribution in [0.15, 0.2) is 36.5 Å². The second-order valence-corrected chi connectivity index (χ2v) is 8.07. The third-order valence-electron chi connectivity index (χ3n) is 5.71. The van der Waals surface area contributed by atoms with E-state index in [1.54, 1.807) is 18.0 Å². The van der Waals surface area contributed by atoms with E-state index in [-0.39, 0.29) is 17.7 Å². The lowest BCUT2D eigenvalue weighted by atomic mass is 10.0. The molecule has 7 nitrogen and oxygen atoms in total. The summed E-state index contributed by atoms with van der Waals surface area (Å²) in [5.74, 6) is 0.0927. The smallest absolute Gasteiger partial charge is 0.257 e. The van der Waals surface area contributed by atoms with Crippen LogP contribution in [0.5, 0.6) is 0 Å². The van der Waals surface area contributed by atoms with E-state index in [2.05, 4.69) is 18.8 Å². The van der Waals surface area contributed by atoms with Crippen molar-refractivity contribution in [3.8, 4) is 11.1 Å². The van der Waals surface area contributed by atoms with Crippen molar-refractivity contribution in [3.63, 3.8) is 0 Å². The minimum atomic E-state index is -0.0503. The van der Waals surface area contributed by atoms with Crippen LogP contribution in [0.3, 0.4) is 0 Å². The highest BCUT2D eigenvalue weighted by molar-refractivity contribution is 5.96. The maximum absolute atomic E-state index is 13.3. The van der Waals surface area contributed by atoms with Gasteiger partial charge in [0, 0.05) is 44.9 Å². The fraction of sp³-hybridized carbons (Fsp3) is 0.391. The molecule has 156 valence electrons. The van der Waals surface area contributed by atoms with E-state index >= 15 is 0 Å². The van der Waals surface area contributed by atoms with Crippen molar-refractivity contribution in [3.05, 3.63) is 53.5 Å². The Morgan fingerprint density at radius 2 is 1.63 bits per heavy atom. The number of carbonyl (C=O) groups is 2. The van der Waals surface area contributed by atoms with Gasteiger partial charge in [0.15, 0.2) is 5.65 Å². The molecular weight excluding hydrogens is 378 g/mol. The van der Waals surface area contributed by atoms with Gasteiger partial charge >= 0.3 is 0 Å². The molecule has 0 N–H and O–H groups in total. The first kappa shape index (κ1) is 20.1. The van der Waals surface area contributed by atoms with Gasteiger partial charge in [-0.05, 0) is 18.4 Å². The van der Waals surface area contributed by atoms with E-state index in [1.165, 1.54) is 0 Å².